The van der Waals surface area contributed by atoms with Crippen LogP contribution < -0.4 is 24.3 Å². The van der Waals surface area contributed by atoms with Gasteiger partial charge in [0.2, 0.25) is 5.91 Å². The Morgan fingerprint density at radius 1 is 0.850 bits per heavy atom. The van der Waals surface area contributed by atoms with Gasteiger partial charge in [-0.2, -0.15) is 0 Å². The summed E-state index contributed by atoms with van der Waals surface area (Å²) in [5.41, 5.74) is 2.69. The van der Waals surface area contributed by atoms with Gasteiger partial charge in [-0.3, -0.25) is 4.79 Å². The number of thiophene rings is 1. The molecule has 1 N–H and O–H groups in total. The number of benzene rings is 2. The third-order valence-corrected chi connectivity index (χ3v) is 7.49. The molecule has 0 aliphatic rings. The van der Waals surface area contributed by atoms with E-state index in [4.69, 9.17) is 18.9 Å². The molecule has 0 radical (unpaired) electrons. The van der Waals surface area contributed by atoms with Crippen molar-refractivity contribution >= 4 is 29.0 Å². The Bertz CT molecular complexity index is 1260. The number of nitrogens with one attached hydrogen (secondary N) is 1. The van der Waals surface area contributed by atoms with Gasteiger partial charge in [0.05, 0.1) is 35.0 Å². The number of urea groups is 1. The molecule has 0 aliphatic carbocycles. The van der Waals surface area contributed by atoms with Crippen molar-refractivity contribution in [2.45, 2.75) is 33.2 Å². The molecule has 1 aromatic heterocycles. The van der Waals surface area contributed by atoms with Crippen LogP contribution in [0, 0.1) is 6.92 Å². The van der Waals surface area contributed by atoms with E-state index >= 15 is 0 Å². The van der Waals surface area contributed by atoms with E-state index in [9.17, 15) is 9.59 Å². The van der Waals surface area contributed by atoms with E-state index in [0.29, 0.717) is 61.2 Å². The molecule has 0 bridgehead atoms. The number of carbonyl (C=O) groups is 2. The summed E-state index contributed by atoms with van der Waals surface area (Å²) in [5, 5.41) is 4.92. The van der Waals surface area contributed by atoms with E-state index in [-0.39, 0.29) is 18.5 Å². The molecular formula is C30H39N3O6S. The zero-order valence-corrected chi connectivity index (χ0v) is 24.9. The Kier molecular flexibility index (Phi) is 11.5. The minimum Gasteiger partial charge on any atom is -0.497 e. The first kappa shape index (κ1) is 30.6. The largest absolute Gasteiger partial charge is 0.497 e. The zero-order chi connectivity index (χ0) is 29.1. The molecule has 3 aromatic rings. The van der Waals surface area contributed by atoms with Crippen molar-refractivity contribution in [3.05, 3.63) is 63.8 Å². The molecule has 0 saturated heterocycles. The molecule has 3 rings (SSSR count). The highest BCUT2D eigenvalue weighted by atomic mass is 32.1. The first-order chi connectivity index (χ1) is 19.3. The SMILES string of the molecule is CCCN(CC(=O)N(CCc1ccc(OC)c(OC)c1)Cc1sccc1C)C(=O)Nc1cc(OC)cc(OC)c1. The van der Waals surface area contributed by atoms with Crippen molar-refractivity contribution in [3.63, 3.8) is 0 Å². The molecule has 2 aromatic carbocycles. The summed E-state index contributed by atoms with van der Waals surface area (Å²) in [6.07, 6.45) is 1.33. The van der Waals surface area contributed by atoms with Gasteiger partial charge in [0.1, 0.15) is 18.0 Å². The van der Waals surface area contributed by atoms with Crippen molar-refractivity contribution in [2.24, 2.45) is 0 Å². The van der Waals surface area contributed by atoms with Gasteiger partial charge in [-0.15, -0.1) is 11.3 Å². The Balaban J connectivity index is 1.77. The second-order valence-corrected chi connectivity index (χ2v) is 10.2. The van der Waals surface area contributed by atoms with Crippen molar-refractivity contribution in [2.75, 3.05) is 53.4 Å². The summed E-state index contributed by atoms with van der Waals surface area (Å²) in [7, 11) is 6.30. The van der Waals surface area contributed by atoms with Gasteiger partial charge >= 0.3 is 6.03 Å². The molecule has 10 heteroatoms. The smallest absolute Gasteiger partial charge is 0.322 e. The number of anilines is 1. The lowest BCUT2D eigenvalue weighted by Gasteiger charge is -2.28. The monoisotopic (exact) mass is 569 g/mol. The molecule has 216 valence electrons. The average Bonchev–Trinajstić information content (AvgIpc) is 3.38. The van der Waals surface area contributed by atoms with Gasteiger partial charge in [-0.25, -0.2) is 4.79 Å². The van der Waals surface area contributed by atoms with Crippen molar-refractivity contribution in [1.82, 2.24) is 9.80 Å². The number of hydrogen-bond donors (Lipinski definition) is 1. The van der Waals surface area contributed by atoms with E-state index in [2.05, 4.69) is 11.4 Å². The first-order valence-corrected chi connectivity index (χ1v) is 14.0. The van der Waals surface area contributed by atoms with Gasteiger partial charge in [-0.1, -0.05) is 13.0 Å². The van der Waals surface area contributed by atoms with Crippen molar-refractivity contribution < 1.29 is 28.5 Å². The summed E-state index contributed by atoms with van der Waals surface area (Å²) in [4.78, 5) is 31.5. The third-order valence-electron chi connectivity index (χ3n) is 6.48. The van der Waals surface area contributed by atoms with Gasteiger partial charge in [0.15, 0.2) is 11.5 Å². The molecule has 3 amide bonds. The number of rotatable bonds is 14. The van der Waals surface area contributed by atoms with Crippen LogP contribution >= 0.6 is 11.3 Å². The molecule has 0 atom stereocenters. The highest BCUT2D eigenvalue weighted by molar-refractivity contribution is 7.10. The maximum absolute atomic E-state index is 13.7. The fraction of sp³-hybridized carbons (Fsp3) is 0.400. The van der Waals surface area contributed by atoms with Crippen LogP contribution in [0.2, 0.25) is 0 Å². The Morgan fingerprint density at radius 2 is 1.55 bits per heavy atom. The van der Waals surface area contributed by atoms with Gasteiger partial charge in [0.25, 0.3) is 0 Å². The highest BCUT2D eigenvalue weighted by Gasteiger charge is 2.22. The standard InChI is InChI=1S/C30H39N3O6S/c1-7-12-33(30(35)31-23-16-24(36-3)18-25(17-23)37-4)20-29(34)32(19-28-21(2)11-14-40-28)13-10-22-8-9-26(38-5)27(15-22)39-6/h8-9,11,14-18H,7,10,12-13,19-20H2,1-6H3,(H,31,35). The Labute approximate surface area is 240 Å². The lowest BCUT2D eigenvalue weighted by Crippen LogP contribution is -2.45. The lowest BCUT2D eigenvalue weighted by atomic mass is 10.1. The van der Waals surface area contributed by atoms with Gasteiger partial charge in [-0.05, 0) is 54.5 Å². The second-order valence-electron chi connectivity index (χ2n) is 9.23. The van der Waals surface area contributed by atoms with E-state index in [1.165, 1.54) is 0 Å². The van der Waals surface area contributed by atoms with Crippen LogP contribution in [0.5, 0.6) is 23.0 Å². The van der Waals surface area contributed by atoms with Gasteiger partial charge in [0, 0.05) is 41.9 Å². The van der Waals surface area contributed by atoms with E-state index in [1.807, 2.05) is 42.3 Å². The summed E-state index contributed by atoms with van der Waals surface area (Å²) in [6, 6.07) is 12.6. The molecule has 40 heavy (non-hydrogen) atoms. The average molecular weight is 570 g/mol. The van der Waals surface area contributed by atoms with Crippen LogP contribution in [0.1, 0.15) is 29.3 Å². The molecule has 0 saturated carbocycles. The Hall–Kier alpha value is -3.92. The third kappa shape index (κ3) is 8.29. The predicted octanol–water partition coefficient (Wildman–Crippen LogP) is 5.61. The van der Waals surface area contributed by atoms with E-state index < -0.39 is 0 Å². The maximum atomic E-state index is 13.7. The second kappa shape index (κ2) is 15.0. The highest BCUT2D eigenvalue weighted by Crippen LogP contribution is 2.28. The molecule has 0 fully saturated rings. The fourth-order valence-corrected chi connectivity index (χ4v) is 5.12. The predicted molar refractivity (Wildman–Crippen MR) is 158 cm³/mol. The molecule has 1 heterocycles. The topological polar surface area (TPSA) is 89.6 Å². The molecule has 0 aliphatic heterocycles. The molecular weight excluding hydrogens is 530 g/mol. The number of nitrogens with zero attached hydrogens (tertiary/aromatic N) is 2. The zero-order valence-electron chi connectivity index (χ0n) is 24.1. The maximum Gasteiger partial charge on any atom is 0.322 e. The van der Waals surface area contributed by atoms with E-state index in [0.717, 1.165) is 16.0 Å². The lowest BCUT2D eigenvalue weighted by molar-refractivity contribution is -0.132. The van der Waals surface area contributed by atoms with Crippen LogP contribution in [0.15, 0.2) is 47.8 Å². The number of carbonyl (C=O) groups excluding carboxylic acids is 2. The van der Waals surface area contributed by atoms with Crippen LogP contribution in [0.4, 0.5) is 10.5 Å². The number of ether oxygens (including phenoxy) is 4. The number of aryl methyl sites for hydroxylation is 1. The van der Waals surface area contributed by atoms with Crippen LogP contribution in [0.25, 0.3) is 0 Å². The van der Waals surface area contributed by atoms with Crippen molar-refractivity contribution in [1.29, 1.82) is 0 Å². The van der Waals surface area contributed by atoms with Crippen LogP contribution in [-0.4, -0.2) is 69.8 Å². The van der Waals surface area contributed by atoms with Crippen LogP contribution in [-0.2, 0) is 17.8 Å². The fourth-order valence-electron chi connectivity index (χ4n) is 4.20. The van der Waals surface area contributed by atoms with Crippen molar-refractivity contribution in [3.8, 4) is 23.0 Å². The normalized spacial score (nSPS) is 10.6. The first-order valence-electron chi connectivity index (χ1n) is 13.1. The summed E-state index contributed by atoms with van der Waals surface area (Å²) < 4.78 is 21.4. The summed E-state index contributed by atoms with van der Waals surface area (Å²) in [6.45, 7) is 5.37. The molecule has 0 unspecified atom stereocenters. The minimum atomic E-state index is -0.363. The van der Waals surface area contributed by atoms with Gasteiger partial charge < -0.3 is 34.1 Å². The minimum absolute atomic E-state index is 0.0445. The summed E-state index contributed by atoms with van der Waals surface area (Å²) >= 11 is 1.63. The molecule has 9 nitrogen and oxygen atoms in total. The van der Waals surface area contributed by atoms with E-state index in [1.54, 1.807) is 62.9 Å². The number of methoxy groups -OCH3 is 4. The number of amides is 3. The number of hydrogen-bond acceptors (Lipinski definition) is 7. The Morgan fingerprint density at radius 3 is 2.12 bits per heavy atom. The van der Waals surface area contributed by atoms with Crippen LogP contribution in [0.3, 0.4) is 0 Å². The molecule has 0 spiro atoms. The quantitative estimate of drug-likeness (QED) is 0.272. The summed E-state index contributed by atoms with van der Waals surface area (Å²) in [5.74, 6) is 2.29.